The molecular formula is C61H108O6. The molecule has 0 aromatic rings. The number of esters is 3. The largest absolute Gasteiger partial charge is 0.462 e. The molecule has 0 rings (SSSR count). The first-order valence-corrected chi connectivity index (χ1v) is 28.8. The molecule has 0 spiro atoms. The van der Waals surface area contributed by atoms with Gasteiger partial charge in [-0.1, -0.05) is 261 Å². The number of unbranched alkanes of at least 4 members (excludes halogenated alkanes) is 34. The zero-order valence-electron chi connectivity index (χ0n) is 44.4. The number of rotatable bonds is 52. The van der Waals surface area contributed by atoms with Gasteiger partial charge in [0.05, 0.1) is 0 Å². The summed E-state index contributed by atoms with van der Waals surface area (Å²) < 4.78 is 16.8. The second-order valence-corrected chi connectivity index (χ2v) is 19.3. The lowest BCUT2D eigenvalue weighted by molar-refractivity contribution is -0.167. The molecule has 0 aromatic heterocycles. The molecule has 0 saturated heterocycles. The van der Waals surface area contributed by atoms with Crippen LogP contribution in [0.25, 0.3) is 0 Å². The highest BCUT2D eigenvalue weighted by Crippen LogP contribution is 2.16. The predicted octanol–water partition coefficient (Wildman–Crippen LogP) is 19.2. The Labute approximate surface area is 415 Å². The lowest BCUT2D eigenvalue weighted by Crippen LogP contribution is -2.30. The standard InChI is InChI=1S/C61H108O6/c1-4-7-10-13-16-19-22-25-27-29-31-33-34-36-39-42-45-48-51-54-60(63)66-57-58(56-65-59(62)53-50-47-44-41-38-24-21-18-15-12-9-6-3)67-61(64)55-52-49-46-43-40-37-35-32-30-28-26-23-20-17-14-11-8-5-2/h17,20,23,26,28-32,35,58H,4-16,18-19,21-22,24-25,27,33-34,36-57H2,1-3H3/b20-17-,26-23-,30-28-,31-29-,35-32-. The normalized spacial score (nSPS) is 12.5. The molecule has 0 aliphatic rings. The molecule has 388 valence electrons. The predicted molar refractivity (Wildman–Crippen MR) is 288 cm³/mol. The van der Waals surface area contributed by atoms with Crippen LogP contribution < -0.4 is 0 Å². The van der Waals surface area contributed by atoms with Gasteiger partial charge in [-0.15, -0.1) is 0 Å². The number of hydrogen-bond acceptors (Lipinski definition) is 6. The van der Waals surface area contributed by atoms with Crippen molar-refractivity contribution in [2.24, 2.45) is 0 Å². The fourth-order valence-electron chi connectivity index (χ4n) is 8.21. The van der Waals surface area contributed by atoms with Gasteiger partial charge in [-0.3, -0.25) is 14.4 Å². The van der Waals surface area contributed by atoms with Crippen molar-refractivity contribution in [3.63, 3.8) is 0 Å². The molecule has 0 saturated carbocycles. The smallest absolute Gasteiger partial charge is 0.306 e. The van der Waals surface area contributed by atoms with E-state index in [1.54, 1.807) is 0 Å². The minimum atomic E-state index is -0.786. The van der Waals surface area contributed by atoms with Gasteiger partial charge in [-0.25, -0.2) is 0 Å². The van der Waals surface area contributed by atoms with Gasteiger partial charge < -0.3 is 14.2 Å². The van der Waals surface area contributed by atoms with Gasteiger partial charge in [0, 0.05) is 19.3 Å². The van der Waals surface area contributed by atoms with Crippen molar-refractivity contribution in [3.05, 3.63) is 60.8 Å². The monoisotopic (exact) mass is 937 g/mol. The van der Waals surface area contributed by atoms with Crippen LogP contribution in [-0.2, 0) is 28.6 Å². The van der Waals surface area contributed by atoms with Gasteiger partial charge in [0.1, 0.15) is 13.2 Å². The van der Waals surface area contributed by atoms with Crippen LogP contribution in [0.2, 0.25) is 0 Å². The number of carbonyl (C=O) groups is 3. The molecule has 0 amide bonds. The van der Waals surface area contributed by atoms with Crippen molar-refractivity contribution < 1.29 is 28.6 Å². The van der Waals surface area contributed by atoms with E-state index in [4.69, 9.17) is 14.2 Å². The van der Waals surface area contributed by atoms with Crippen LogP contribution in [0.15, 0.2) is 60.8 Å². The van der Waals surface area contributed by atoms with Gasteiger partial charge in [-0.2, -0.15) is 0 Å². The molecule has 0 fully saturated rings. The van der Waals surface area contributed by atoms with Crippen LogP contribution >= 0.6 is 0 Å². The van der Waals surface area contributed by atoms with Crippen molar-refractivity contribution >= 4 is 17.9 Å². The van der Waals surface area contributed by atoms with E-state index in [1.807, 2.05) is 0 Å². The average Bonchev–Trinajstić information content (AvgIpc) is 3.33. The summed E-state index contributed by atoms with van der Waals surface area (Å²) in [6, 6.07) is 0. The molecule has 6 heteroatoms. The maximum Gasteiger partial charge on any atom is 0.306 e. The van der Waals surface area contributed by atoms with E-state index in [2.05, 4.69) is 81.5 Å². The molecule has 0 aromatic carbocycles. The second kappa shape index (κ2) is 55.7. The minimum Gasteiger partial charge on any atom is -0.462 e. The van der Waals surface area contributed by atoms with Gasteiger partial charge in [0.25, 0.3) is 0 Å². The summed E-state index contributed by atoms with van der Waals surface area (Å²) in [5.74, 6) is -0.900. The first kappa shape index (κ1) is 64.1. The third-order valence-electron chi connectivity index (χ3n) is 12.6. The van der Waals surface area contributed by atoms with Crippen LogP contribution in [0.5, 0.6) is 0 Å². The van der Waals surface area contributed by atoms with Crippen LogP contribution in [0.4, 0.5) is 0 Å². The van der Waals surface area contributed by atoms with E-state index in [9.17, 15) is 14.4 Å². The van der Waals surface area contributed by atoms with Crippen LogP contribution in [-0.4, -0.2) is 37.2 Å². The summed E-state index contributed by atoms with van der Waals surface area (Å²) in [5.41, 5.74) is 0. The van der Waals surface area contributed by atoms with Crippen molar-refractivity contribution in [3.8, 4) is 0 Å². The number of carbonyl (C=O) groups excluding carboxylic acids is 3. The highest BCUT2D eigenvalue weighted by atomic mass is 16.6. The Balaban J connectivity index is 4.39. The van der Waals surface area contributed by atoms with Crippen molar-refractivity contribution in [2.45, 2.75) is 297 Å². The van der Waals surface area contributed by atoms with E-state index in [0.717, 1.165) is 83.5 Å². The number of allylic oxidation sites excluding steroid dienone is 10. The molecule has 0 N–H and O–H groups in total. The van der Waals surface area contributed by atoms with Crippen LogP contribution in [0, 0.1) is 0 Å². The summed E-state index contributed by atoms with van der Waals surface area (Å²) in [6.07, 6.45) is 69.2. The molecule has 0 bridgehead atoms. The zero-order chi connectivity index (χ0) is 48.6. The van der Waals surface area contributed by atoms with Crippen molar-refractivity contribution in [2.75, 3.05) is 13.2 Å². The highest BCUT2D eigenvalue weighted by molar-refractivity contribution is 5.71. The van der Waals surface area contributed by atoms with Gasteiger partial charge in [0.15, 0.2) is 6.10 Å². The van der Waals surface area contributed by atoms with E-state index in [1.165, 1.54) is 167 Å². The molecule has 0 heterocycles. The molecule has 0 aliphatic carbocycles. The van der Waals surface area contributed by atoms with Gasteiger partial charge in [-0.05, 0) is 70.6 Å². The van der Waals surface area contributed by atoms with Gasteiger partial charge >= 0.3 is 17.9 Å². The summed E-state index contributed by atoms with van der Waals surface area (Å²) in [7, 11) is 0. The summed E-state index contributed by atoms with van der Waals surface area (Å²) in [5, 5.41) is 0. The zero-order valence-corrected chi connectivity index (χ0v) is 44.4. The Bertz CT molecular complexity index is 1210. The summed E-state index contributed by atoms with van der Waals surface area (Å²) in [6.45, 7) is 6.60. The SMILES string of the molecule is CCCCC\C=C/C=C\C=C/C=C\CCCCCCCC(=O)OC(COC(=O)CCCCCCCCC/C=C\CCCCCCCCCC)COC(=O)CCCCCCCCCCCCCC. The second-order valence-electron chi connectivity index (χ2n) is 19.3. The Morgan fingerprint density at radius 2 is 0.552 bits per heavy atom. The first-order valence-electron chi connectivity index (χ1n) is 28.8. The molecule has 0 aliphatic heterocycles. The number of hydrogen-bond donors (Lipinski definition) is 0. The van der Waals surface area contributed by atoms with E-state index in [-0.39, 0.29) is 31.1 Å². The van der Waals surface area contributed by atoms with Gasteiger partial charge in [0.2, 0.25) is 0 Å². The molecular weight excluding hydrogens is 829 g/mol. The van der Waals surface area contributed by atoms with E-state index < -0.39 is 6.10 Å². The van der Waals surface area contributed by atoms with Crippen molar-refractivity contribution in [1.29, 1.82) is 0 Å². The summed E-state index contributed by atoms with van der Waals surface area (Å²) >= 11 is 0. The third-order valence-corrected chi connectivity index (χ3v) is 12.6. The van der Waals surface area contributed by atoms with E-state index >= 15 is 0 Å². The molecule has 67 heavy (non-hydrogen) atoms. The van der Waals surface area contributed by atoms with Crippen LogP contribution in [0.1, 0.15) is 290 Å². The maximum absolute atomic E-state index is 12.8. The van der Waals surface area contributed by atoms with E-state index in [0.29, 0.717) is 19.3 Å². The summed E-state index contributed by atoms with van der Waals surface area (Å²) in [4.78, 5) is 38.1. The fourth-order valence-corrected chi connectivity index (χ4v) is 8.21. The maximum atomic E-state index is 12.8. The quantitative estimate of drug-likeness (QED) is 0.0199. The first-order chi connectivity index (χ1) is 33.0. The topological polar surface area (TPSA) is 78.9 Å². The highest BCUT2D eigenvalue weighted by Gasteiger charge is 2.19. The Kier molecular flexibility index (Phi) is 53.3. The molecule has 0 radical (unpaired) electrons. The lowest BCUT2D eigenvalue weighted by Gasteiger charge is -2.18. The molecule has 6 nitrogen and oxygen atoms in total. The minimum absolute atomic E-state index is 0.0830. The fraction of sp³-hybridized carbons (Fsp3) is 0.787. The van der Waals surface area contributed by atoms with Crippen LogP contribution in [0.3, 0.4) is 0 Å². The Morgan fingerprint density at radius 1 is 0.299 bits per heavy atom. The Morgan fingerprint density at radius 3 is 0.910 bits per heavy atom. The lowest BCUT2D eigenvalue weighted by atomic mass is 10.0. The molecule has 1 unspecified atom stereocenters. The molecule has 1 atom stereocenters. The Hall–Kier alpha value is -2.89. The third kappa shape index (κ3) is 53.9. The number of ether oxygens (including phenoxy) is 3. The average molecular weight is 938 g/mol. The van der Waals surface area contributed by atoms with Crippen molar-refractivity contribution in [1.82, 2.24) is 0 Å².